The number of amides is 1. The minimum absolute atomic E-state index is 0.139. The van der Waals surface area contributed by atoms with E-state index in [2.05, 4.69) is 40.0 Å². The number of hydrogen-bond donors (Lipinski definition) is 0. The SMILES string of the molecule is CC1CCCC(C)N1C(=O)CSc1nnc(-c2ccccc2Br)o1. The average Bonchev–Trinajstić information content (AvgIpc) is 3.02. The van der Waals surface area contributed by atoms with Crippen molar-refractivity contribution in [3.05, 3.63) is 28.7 Å². The Labute approximate surface area is 154 Å². The van der Waals surface area contributed by atoms with Crippen molar-refractivity contribution in [1.82, 2.24) is 15.1 Å². The highest BCUT2D eigenvalue weighted by Crippen LogP contribution is 2.29. The lowest BCUT2D eigenvalue weighted by atomic mass is 9.98. The predicted molar refractivity (Wildman–Crippen MR) is 97.8 cm³/mol. The van der Waals surface area contributed by atoms with E-state index in [1.807, 2.05) is 29.2 Å². The third kappa shape index (κ3) is 3.83. The Morgan fingerprint density at radius 3 is 2.71 bits per heavy atom. The van der Waals surface area contributed by atoms with Crippen LogP contribution >= 0.6 is 27.7 Å². The maximum absolute atomic E-state index is 12.5. The summed E-state index contributed by atoms with van der Waals surface area (Å²) in [5.74, 6) is 0.921. The number of piperidine rings is 1. The second-order valence-corrected chi connectivity index (χ2v) is 7.85. The Bertz CT molecular complexity index is 711. The van der Waals surface area contributed by atoms with Crippen LogP contribution in [0.15, 0.2) is 38.4 Å². The number of carbonyl (C=O) groups is 1. The van der Waals surface area contributed by atoms with Crippen LogP contribution in [0.5, 0.6) is 0 Å². The first-order valence-corrected chi connectivity index (χ1v) is 9.86. The molecule has 0 radical (unpaired) electrons. The molecule has 0 aliphatic carbocycles. The second-order valence-electron chi connectivity index (χ2n) is 6.07. The van der Waals surface area contributed by atoms with Gasteiger partial charge >= 0.3 is 0 Å². The fraction of sp³-hybridized carbons (Fsp3) is 0.471. The number of thioether (sulfide) groups is 1. The van der Waals surface area contributed by atoms with E-state index in [-0.39, 0.29) is 5.91 Å². The van der Waals surface area contributed by atoms with E-state index in [9.17, 15) is 4.79 Å². The summed E-state index contributed by atoms with van der Waals surface area (Å²) in [7, 11) is 0. The summed E-state index contributed by atoms with van der Waals surface area (Å²) in [5.41, 5.74) is 0.849. The zero-order valence-corrected chi connectivity index (χ0v) is 16.1. The average molecular weight is 410 g/mol. The molecule has 0 spiro atoms. The van der Waals surface area contributed by atoms with Gasteiger partial charge in [0.1, 0.15) is 0 Å². The first kappa shape index (κ1) is 17.5. The summed E-state index contributed by atoms with van der Waals surface area (Å²) < 4.78 is 6.58. The third-order valence-electron chi connectivity index (χ3n) is 4.31. The molecule has 128 valence electrons. The molecule has 7 heteroatoms. The molecule has 1 aliphatic heterocycles. The van der Waals surface area contributed by atoms with Crippen LogP contribution < -0.4 is 0 Å². The molecule has 1 amide bonds. The lowest BCUT2D eigenvalue weighted by Crippen LogP contribution is -2.48. The van der Waals surface area contributed by atoms with Gasteiger partial charge in [-0.3, -0.25) is 4.79 Å². The minimum Gasteiger partial charge on any atom is -0.411 e. The molecule has 3 rings (SSSR count). The highest BCUT2D eigenvalue weighted by atomic mass is 79.9. The van der Waals surface area contributed by atoms with Crippen molar-refractivity contribution in [1.29, 1.82) is 0 Å². The first-order chi connectivity index (χ1) is 11.6. The molecule has 1 saturated heterocycles. The van der Waals surface area contributed by atoms with Gasteiger partial charge in [0.2, 0.25) is 11.8 Å². The highest BCUT2D eigenvalue weighted by Gasteiger charge is 2.29. The third-order valence-corrected chi connectivity index (χ3v) is 5.81. The van der Waals surface area contributed by atoms with Gasteiger partial charge in [-0.1, -0.05) is 23.9 Å². The quantitative estimate of drug-likeness (QED) is 0.701. The molecule has 0 N–H and O–H groups in total. The van der Waals surface area contributed by atoms with Gasteiger partial charge in [-0.05, 0) is 61.2 Å². The number of likely N-dealkylation sites (tertiary alicyclic amines) is 1. The van der Waals surface area contributed by atoms with Crippen LogP contribution in [0.1, 0.15) is 33.1 Å². The fourth-order valence-corrected chi connectivity index (χ4v) is 4.21. The van der Waals surface area contributed by atoms with Crippen molar-refractivity contribution < 1.29 is 9.21 Å². The number of carbonyl (C=O) groups excluding carboxylic acids is 1. The van der Waals surface area contributed by atoms with Crippen LogP contribution in [0.25, 0.3) is 11.5 Å². The van der Waals surface area contributed by atoms with Crippen molar-refractivity contribution >= 4 is 33.6 Å². The van der Waals surface area contributed by atoms with E-state index in [0.717, 1.165) is 22.9 Å². The molecular weight excluding hydrogens is 390 g/mol. The zero-order chi connectivity index (χ0) is 17.1. The number of nitrogens with zero attached hydrogens (tertiary/aromatic N) is 3. The normalized spacial score (nSPS) is 21.0. The Morgan fingerprint density at radius 2 is 2.00 bits per heavy atom. The highest BCUT2D eigenvalue weighted by molar-refractivity contribution is 9.10. The minimum atomic E-state index is 0.139. The largest absolute Gasteiger partial charge is 0.411 e. The number of hydrogen-bond acceptors (Lipinski definition) is 5. The Kier molecular flexibility index (Phi) is 5.61. The molecule has 2 aromatic rings. The molecular formula is C17H20BrN3O2S. The molecule has 1 fully saturated rings. The lowest BCUT2D eigenvalue weighted by Gasteiger charge is -2.39. The van der Waals surface area contributed by atoms with Gasteiger partial charge in [0.25, 0.3) is 5.22 Å². The van der Waals surface area contributed by atoms with E-state index in [1.165, 1.54) is 18.2 Å². The number of aromatic nitrogens is 2. The van der Waals surface area contributed by atoms with Crippen molar-refractivity contribution in [2.45, 2.75) is 50.4 Å². The van der Waals surface area contributed by atoms with Gasteiger partial charge in [-0.2, -0.15) is 0 Å². The monoisotopic (exact) mass is 409 g/mol. The summed E-state index contributed by atoms with van der Waals surface area (Å²) in [6.45, 7) is 4.24. The van der Waals surface area contributed by atoms with Crippen molar-refractivity contribution in [3.63, 3.8) is 0 Å². The molecule has 0 bridgehead atoms. The molecule has 0 saturated carbocycles. The smallest absolute Gasteiger partial charge is 0.277 e. The van der Waals surface area contributed by atoms with Gasteiger partial charge in [0, 0.05) is 16.6 Å². The summed E-state index contributed by atoms with van der Waals surface area (Å²) in [6, 6.07) is 8.29. The molecule has 1 aliphatic rings. The Hall–Kier alpha value is -1.34. The van der Waals surface area contributed by atoms with Crippen LogP contribution in [0.2, 0.25) is 0 Å². The van der Waals surface area contributed by atoms with Gasteiger partial charge < -0.3 is 9.32 Å². The van der Waals surface area contributed by atoms with Crippen molar-refractivity contribution in [3.8, 4) is 11.5 Å². The van der Waals surface area contributed by atoms with Crippen LogP contribution in [0, 0.1) is 0 Å². The molecule has 1 aromatic heterocycles. The van der Waals surface area contributed by atoms with Crippen LogP contribution in [0.3, 0.4) is 0 Å². The molecule has 24 heavy (non-hydrogen) atoms. The van der Waals surface area contributed by atoms with E-state index in [1.54, 1.807) is 0 Å². The Balaban J connectivity index is 1.63. The summed E-state index contributed by atoms with van der Waals surface area (Å²) >= 11 is 4.78. The van der Waals surface area contributed by atoms with Crippen molar-refractivity contribution in [2.24, 2.45) is 0 Å². The number of halogens is 1. The number of rotatable bonds is 4. The zero-order valence-electron chi connectivity index (χ0n) is 13.7. The maximum Gasteiger partial charge on any atom is 0.277 e. The van der Waals surface area contributed by atoms with Crippen LogP contribution in [0.4, 0.5) is 0 Å². The first-order valence-electron chi connectivity index (χ1n) is 8.08. The fourth-order valence-electron chi connectivity index (χ4n) is 3.12. The standard InChI is InChI=1S/C17H20BrN3O2S/c1-11-6-5-7-12(2)21(11)15(22)10-24-17-20-19-16(23-17)13-8-3-4-9-14(13)18/h3-4,8-9,11-12H,5-7,10H2,1-2H3. The van der Waals surface area contributed by atoms with Gasteiger partial charge in [0.05, 0.1) is 11.3 Å². The predicted octanol–water partition coefficient (Wildman–Crippen LogP) is 4.38. The molecule has 2 atom stereocenters. The van der Waals surface area contributed by atoms with E-state index in [0.29, 0.717) is 29.0 Å². The van der Waals surface area contributed by atoms with Crippen LogP contribution in [-0.4, -0.2) is 38.8 Å². The summed E-state index contributed by atoms with van der Waals surface area (Å²) in [4.78, 5) is 14.5. The van der Waals surface area contributed by atoms with E-state index < -0.39 is 0 Å². The van der Waals surface area contributed by atoms with Crippen molar-refractivity contribution in [2.75, 3.05) is 5.75 Å². The van der Waals surface area contributed by atoms with Gasteiger partial charge in [0.15, 0.2) is 0 Å². The Morgan fingerprint density at radius 1 is 1.29 bits per heavy atom. The van der Waals surface area contributed by atoms with Gasteiger partial charge in [-0.15, -0.1) is 10.2 Å². The molecule has 1 aromatic carbocycles. The number of benzene rings is 1. The summed E-state index contributed by atoms with van der Waals surface area (Å²) in [5, 5.41) is 8.54. The molecule has 2 heterocycles. The summed E-state index contributed by atoms with van der Waals surface area (Å²) in [6.07, 6.45) is 3.35. The molecule has 5 nitrogen and oxygen atoms in total. The van der Waals surface area contributed by atoms with Gasteiger partial charge in [-0.25, -0.2) is 0 Å². The lowest BCUT2D eigenvalue weighted by molar-refractivity contribution is -0.134. The second kappa shape index (κ2) is 7.70. The van der Waals surface area contributed by atoms with Crippen LogP contribution in [-0.2, 0) is 4.79 Å². The molecule has 2 unspecified atom stereocenters. The van der Waals surface area contributed by atoms with E-state index >= 15 is 0 Å². The van der Waals surface area contributed by atoms with E-state index in [4.69, 9.17) is 4.42 Å². The maximum atomic E-state index is 12.5. The topological polar surface area (TPSA) is 59.2 Å².